The lowest BCUT2D eigenvalue weighted by atomic mass is 9.90. The Hall–Kier alpha value is -1.68. The standard InChI is InChI=1S/C19H26FN3/c1-3-14(2)12-23-9-5-7-16(13-23)19-18(11-21-22-19)15-6-4-8-17(20)10-15/h4,6,8,10-11,14,16H,3,5,7,9,12-13H2,1-2H3,(H,21,22)/t14-,16-/m0/s1. The minimum atomic E-state index is -0.198. The maximum absolute atomic E-state index is 13.5. The molecule has 1 aliphatic heterocycles. The highest BCUT2D eigenvalue weighted by atomic mass is 19.1. The lowest BCUT2D eigenvalue weighted by molar-refractivity contribution is 0.180. The average molecular weight is 315 g/mol. The van der Waals surface area contributed by atoms with Gasteiger partial charge in [-0.3, -0.25) is 5.10 Å². The molecule has 1 aromatic carbocycles. The van der Waals surface area contributed by atoms with Crippen molar-refractivity contribution < 1.29 is 4.39 Å². The molecular weight excluding hydrogens is 289 g/mol. The van der Waals surface area contributed by atoms with Crippen molar-refractivity contribution in [3.05, 3.63) is 42.0 Å². The zero-order valence-corrected chi connectivity index (χ0v) is 14.1. The van der Waals surface area contributed by atoms with E-state index in [0.29, 0.717) is 5.92 Å². The zero-order valence-electron chi connectivity index (χ0n) is 14.1. The van der Waals surface area contributed by atoms with Gasteiger partial charge in [0.25, 0.3) is 0 Å². The van der Waals surface area contributed by atoms with E-state index in [1.165, 1.54) is 31.9 Å². The van der Waals surface area contributed by atoms with Crippen LogP contribution in [0.1, 0.15) is 44.7 Å². The topological polar surface area (TPSA) is 31.9 Å². The molecule has 1 saturated heterocycles. The molecule has 1 aromatic heterocycles. The third-order valence-electron chi connectivity index (χ3n) is 4.99. The highest BCUT2D eigenvalue weighted by molar-refractivity contribution is 5.65. The van der Waals surface area contributed by atoms with Crippen molar-refractivity contribution in [2.45, 2.75) is 39.0 Å². The molecule has 0 unspecified atom stereocenters. The van der Waals surface area contributed by atoms with Crippen LogP contribution in [0.5, 0.6) is 0 Å². The summed E-state index contributed by atoms with van der Waals surface area (Å²) >= 11 is 0. The Labute approximate surface area is 137 Å². The summed E-state index contributed by atoms with van der Waals surface area (Å²) in [5, 5.41) is 7.42. The molecule has 124 valence electrons. The molecule has 0 spiro atoms. The summed E-state index contributed by atoms with van der Waals surface area (Å²) in [6, 6.07) is 6.79. The Morgan fingerprint density at radius 3 is 3.09 bits per heavy atom. The zero-order chi connectivity index (χ0) is 16.2. The number of hydrogen-bond acceptors (Lipinski definition) is 2. The Morgan fingerprint density at radius 1 is 1.43 bits per heavy atom. The highest BCUT2D eigenvalue weighted by Gasteiger charge is 2.25. The van der Waals surface area contributed by atoms with Crippen LogP contribution in [-0.2, 0) is 0 Å². The molecule has 1 aliphatic rings. The van der Waals surface area contributed by atoms with Gasteiger partial charge in [0.05, 0.1) is 6.20 Å². The first-order chi connectivity index (χ1) is 11.2. The van der Waals surface area contributed by atoms with E-state index in [1.54, 1.807) is 12.1 Å². The number of likely N-dealkylation sites (tertiary alicyclic amines) is 1. The van der Waals surface area contributed by atoms with Gasteiger partial charge in [-0.2, -0.15) is 5.10 Å². The lowest BCUT2D eigenvalue weighted by Crippen LogP contribution is -2.37. The van der Waals surface area contributed by atoms with Gasteiger partial charge >= 0.3 is 0 Å². The van der Waals surface area contributed by atoms with Crippen LogP contribution >= 0.6 is 0 Å². The fourth-order valence-corrected chi connectivity index (χ4v) is 3.52. The number of halogens is 1. The van der Waals surface area contributed by atoms with E-state index < -0.39 is 0 Å². The van der Waals surface area contributed by atoms with Gasteiger partial charge in [-0.25, -0.2) is 4.39 Å². The van der Waals surface area contributed by atoms with E-state index >= 15 is 0 Å². The summed E-state index contributed by atoms with van der Waals surface area (Å²) in [6.07, 6.45) is 5.43. The van der Waals surface area contributed by atoms with E-state index in [-0.39, 0.29) is 5.82 Å². The predicted molar refractivity (Wildman–Crippen MR) is 91.9 cm³/mol. The minimum Gasteiger partial charge on any atom is -0.302 e. The van der Waals surface area contributed by atoms with Crippen molar-refractivity contribution in [1.82, 2.24) is 15.1 Å². The van der Waals surface area contributed by atoms with Crippen LogP contribution < -0.4 is 0 Å². The number of hydrogen-bond donors (Lipinski definition) is 1. The molecule has 2 atom stereocenters. The quantitative estimate of drug-likeness (QED) is 0.884. The summed E-state index contributed by atoms with van der Waals surface area (Å²) in [7, 11) is 0. The van der Waals surface area contributed by atoms with E-state index in [2.05, 4.69) is 28.9 Å². The molecule has 0 radical (unpaired) electrons. The summed E-state index contributed by atoms with van der Waals surface area (Å²) in [6.45, 7) is 7.98. The first-order valence-electron chi connectivity index (χ1n) is 8.69. The molecular formula is C19H26FN3. The van der Waals surface area contributed by atoms with Gasteiger partial charge in [0, 0.05) is 30.3 Å². The van der Waals surface area contributed by atoms with Crippen molar-refractivity contribution in [3.8, 4) is 11.1 Å². The van der Waals surface area contributed by atoms with Crippen molar-refractivity contribution >= 4 is 0 Å². The van der Waals surface area contributed by atoms with Crippen LogP contribution in [0.15, 0.2) is 30.5 Å². The number of H-pyrrole nitrogens is 1. The number of aromatic nitrogens is 2. The molecule has 2 aromatic rings. The van der Waals surface area contributed by atoms with Crippen molar-refractivity contribution in [1.29, 1.82) is 0 Å². The van der Waals surface area contributed by atoms with E-state index in [9.17, 15) is 4.39 Å². The summed E-state index contributed by atoms with van der Waals surface area (Å²) < 4.78 is 13.5. The molecule has 4 heteroatoms. The molecule has 0 aliphatic carbocycles. The Kier molecular flexibility index (Phi) is 5.11. The van der Waals surface area contributed by atoms with Crippen molar-refractivity contribution in [2.75, 3.05) is 19.6 Å². The summed E-state index contributed by atoms with van der Waals surface area (Å²) in [4.78, 5) is 2.57. The van der Waals surface area contributed by atoms with Gasteiger partial charge < -0.3 is 4.90 Å². The Morgan fingerprint density at radius 2 is 2.30 bits per heavy atom. The Bertz CT molecular complexity index is 637. The number of aromatic amines is 1. The molecule has 0 saturated carbocycles. The van der Waals surface area contributed by atoms with E-state index in [1.807, 2.05) is 12.3 Å². The third-order valence-corrected chi connectivity index (χ3v) is 4.99. The third kappa shape index (κ3) is 3.81. The maximum atomic E-state index is 13.5. The van der Waals surface area contributed by atoms with Gasteiger partial charge in [-0.1, -0.05) is 32.4 Å². The van der Waals surface area contributed by atoms with Gasteiger partial charge in [-0.05, 0) is 43.0 Å². The maximum Gasteiger partial charge on any atom is 0.123 e. The molecule has 3 nitrogen and oxygen atoms in total. The molecule has 0 bridgehead atoms. The number of benzene rings is 1. The first kappa shape index (κ1) is 16.2. The monoisotopic (exact) mass is 315 g/mol. The Balaban J connectivity index is 1.78. The molecule has 3 rings (SSSR count). The number of nitrogens with zero attached hydrogens (tertiary/aromatic N) is 2. The fourth-order valence-electron chi connectivity index (χ4n) is 3.52. The molecule has 23 heavy (non-hydrogen) atoms. The van der Waals surface area contributed by atoms with Crippen molar-refractivity contribution in [3.63, 3.8) is 0 Å². The van der Waals surface area contributed by atoms with E-state index in [0.717, 1.165) is 35.8 Å². The first-order valence-corrected chi connectivity index (χ1v) is 8.69. The molecule has 1 fully saturated rings. The number of rotatable bonds is 5. The van der Waals surface area contributed by atoms with Crippen LogP contribution in [0.3, 0.4) is 0 Å². The summed E-state index contributed by atoms with van der Waals surface area (Å²) in [5.41, 5.74) is 3.11. The minimum absolute atomic E-state index is 0.198. The van der Waals surface area contributed by atoms with Gasteiger partial charge in [0.15, 0.2) is 0 Å². The van der Waals surface area contributed by atoms with Gasteiger partial charge in [-0.15, -0.1) is 0 Å². The molecule has 1 N–H and O–H groups in total. The fraction of sp³-hybridized carbons (Fsp3) is 0.526. The number of piperidine rings is 1. The second-order valence-electron chi connectivity index (χ2n) is 6.82. The average Bonchev–Trinajstić information content (AvgIpc) is 3.04. The summed E-state index contributed by atoms with van der Waals surface area (Å²) in [5.74, 6) is 0.989. The molecule has 0 amide bonds. The lowest BCUT2D eigenvalue weighted by Gasteiger charge is -2.34. The van der Waals surface area contributed by atoms with Gasteiger partial charge in [0.2, 0.25) is 0 Å². The van der Waals surface area contributed by atoms with Gasteiger partial charge in [0.1, 0.15) is 5.82 Å². The highest BCUT2D eigenvalue weighted by Crippen LogP contribution is 2.33. The van der Waals surface area contributed by atoms with E-state index in [4.69, 9.17) is 0 Å². The second kappa shape index (κ2) is 7.26. The second-order valence-corrected chi connectivity index (χ2v) is 6.82. The number of nitrogens with one attached hydrogen (secondary N) is 1. The van der Waals surface area contributed by atoms with Crippen LogP contribution in [0.25, 0.3) is 11.1 Å². The SMILES string of the molecule is CC[C@H](C)CN1CCC[C@H](c2[nH]ncc2-c2cccc(F)c2)C1. The van der Waals surface area contributed by atoms with Crippen molar-refractivity contribution in [2.24, 2.45) is 5.92 Å². The normalized spacial score (nSPS) is 20.6. The van der Waals surface area contributed by atoms with Crippen LogP contribution in [-0.4, -0.2) is 34.7 Å². The molecule has 2 heterocycles. The predicted octanol–water partition coefficient (Wildman–Crippen LogP) is 4.44. The largest absolute Gasteiger partial charge is 0.302 e. The smallest absolute Gasteiger partial charge is 0.123 e. The van der Waals surface area contributed by atoms with Crippen LogP contribution in [0.2, 0.25) is 0 Å². The van der Waals surface area contributed by atoms with Crippen LogP contribution in [0.4, 0.5) is 4.39 Å². The van der Waals surface area contributed by atoms with Crippen LogP contribution in [0, 0.1) is 11.7 Å².